The van der Waals surface area contributed by atoms with E-state index in [1.807, 2.05) is 21.3 Å². The predicted molar refractivity (Wildman–Crippen MR) is 104 cm³/mol. The van der Waals surface area contributed by atoms with Gasteiger partial charge in [0.15, 0.2) is 5.78 Å². The minimum absolute atomic E-state index is 0.0834. The topological polar surface area (TPSA) is 48.0 Å². The number of ether oxygens (including phenoxy) is 3. The van der Waals surface area contributed by atoms with Crippen LogP contribution in [0.25, 0.3) is 0 Å². The summed E-state index contributed by atoms with van der Waals surface area (Å²) in [6, 6.07) is 0.395. The van der Waals surface area contributed by atoms with Gasteiger partial charge in [0.05, 0.1) is 29.8 Å². The highest BCUT2D eigenvalue weighted by atomic mass is 16.5. The Bertz CT molecular complexity index is 713. The Morgan fingerprint density at radius 3 is 2.54 bits per heavy atom. The standard InChI is InChI=1S/C23H35NO4/c1-6-24-18-16-11(2)7-8-15(27-4)23(16)13-9-12-14(26-3)10-22(20(18)25,21(23)24)17(13)19(12)28-5/h11-19,21H,6-10H2,1-5H3/t11-,12+,13+,14-,15-,16-,17+,18+,19-,21+,22+,23-/m0/s1. The molecule has 5 nitrogen and oxygen atoms in total. The molecule has 2 spiro atoms. The maximum Gasteiger partial charge on any atom is 0.158 e. The van der Waals surface area contributed by atoms with Crippen LogP contribution in [-0.4, -0.2) is 69.0 Å². The molecule has 0 aromatic heterocycles. The van der Waals surface area contributed by atoms with Crippen molar-refractivity contribution in [3.8, 4) is 0 Å². The van der Waals surface area contributed by atoms with Crippen molar-refractivity contribution < 1.29 is 19.0 Å². The van der Waals surface area contributed by atoms with Gasteiger partial charge < -0.3 is 14.2 Å². The van der Waals surface area contributed by atoms with Crippen molar-refractivity contribution >= 4 is 5.78 Å². The van der Waals surface area contributed by atoms with E-state index in [2.05, 4.69) is 18.7 Å². The van der Waals surface area contributed by atoms with Crippen LogP contribution in [0, 0.1) is 40.4 Å². The number of carbonyl (C=O) groups is 1. The van der Waals surface area contributed by atoms with Gasteiger partial charge >= 0.3 is 0 Å². The Hall–Kier alpha value is -0.490. The number of hydrogen-bond acceptors (Lipinski definition) is 5. The molecule has 0 N–H and O–H groups in total. The Morgan fingerprint density at radius 2 is 1.89 bits per heavy atom. The summed E-state index contributed by atoms with van der Waals surface area (Å²) >= 11 is 0. The van der Waals surface area contributed by atoms with Crippen molar-refractivity contribution in [2.24, 2.45) is 40.4 Å². The fraction of sp³-hybridized carbons (Fsp3) is 0.957. The lowest BCUT2D eigenvalue weighted by Gasteiger charge is -2.56. The molecular formula is C23H35NO4. The van der Waals surface area contributed by atoms with Crippen molar-refractivity contribution in [2.75, 3.05) is 27.9 Å². The summed E-state index contributed by atoms with van der Waals surface area (Å²) < 4.78 is 18.4. The van der Waals surface area contributed by atoms with E-state index in [4.69, 9.17) is 14.2 Å². The van der Waals surface area contributed by atoms with E-state index >= 15 is 0 Å². The van der Waals surface area contributed by atoms with Gasteiger partial charge in [0, 0.05) is 44.6 Å². The molecule has 4 aliphatic carbocycles. The van der Waals surface area contributed by atoms with Crippen LogP contribution in [0.5, 0.6) is 0 Å². The summed E-state index contributed by atoms with van der Waals surface area (Å²) in [7, 11) is 5.59. The zero-order chi connectivity index (χ0) is 19.6. The van der Waals surface area contributed by atoms with E-state index in [-0.39, 0.29) is 35.2 Å². The average Bonchev–Trinajstić information content (AvgIpc) is 3.31. The van der Waals surface area contributed by atoms with Gasteiger partial charge in [0.25, 0.3) is 0 Å². The van der Waals surface area contributed by atoms with Gasteiger partial charge in [-0.05, 0) is 50.0 Å². The number of Topliss-reactive ketones (excluding diaryl/α,β-unsaturated/α-hetero) is 1. The molecule has 0 unspecified atom stereocenters. The monoisotopic (exact) mass is 389 g/mol. The van der Waals surface area contributed by atoms with Crippen LogP contribution >= 0.6 is 0 Å². The van der Waals surface area contributed by atoms with Crippen LogP contribution < -0.4 is 0 Å². The van der Waals surface area contributed by atoms with Crippen LogP contribution in [0.3, 0.4) is 0 Å². The molecule has 6 fully saturated rings. The van der Waals surface area contributed by atoms with Crippen LogP contribution in [0.1, 0.15) is 39.5 Å². The number of fused-ring (bicyclic) bond motifs is 3. The summed E-state index contributed by atoms with van der Waals surface area (Å²) in [5.74, 6) is 2.86. The van der Waals surface area contributed by atoms with E-state index in [1.165, 1.54) is 6.42 Å². The maximum absolute atomic E-state index is 14.2. The lowest BCUT2D eigenvalue weighted by molar-refractivity contribution is -0.166. The Kier molecular flexibility index (Phi) is 3.66. The van der Waals surface area contributed by atoms with Crippen molar-refractivity contribution in [3.63, 3.8) is 0 Å². The molecule has 4 bridgehead atoms. The Morgan fingerprint density at radius 1 is 1.11 bits per heavy atom. The maximum atomic E-state index is 14.2. The van der Waals surface area contributed by atoms with Gasteiger partial charge in [0.1, 0.15) is 0 Å². The highest BCUT2D eigenvalue weighted by Gasteiger charge is 2.90. The average molecular weight is 390 g/mol. The first kappa shape index (κ1) is 18.3. The molecule has 4 saturated carbocycles. The Labute approximate surface area is 168 Å². The second kappa shape index (κ2) is 5.60. The number of rotatable bonds is 4. The molecule has 28 heavy (non-hydrogen) atoms. The largest absolute Gasteiger partial charge is 0.381 e. The molecule has 156 valence electrons. The van der Waals surface area contributed by atoms with Gasteiger partial charge in [0.2, 0.25) is 0 Å². The summed E-state index contributed by atoms with van der Waals surface area (Å²) in [4.78, 5) is 16.8. The normalized spacial score (nSPS) is 61.2. The SMILES string of the molecule is CCN1[C@@H]2[C@]34C[C@H](OC)[C@H]5C[C@H]([C@@H]3[C@H]5OC)[C@]23[C@@H]([C@@H](C)CC[C@@H]3OC)[C@@H]1C4=O. The first-order chi connectivity index (χ1) is 13.5. The fourth-order valence-electron chi connectivity index (χ4n) is 10.4. The predicted octanol–water partition coefficient (Wildman–Crippen LogP) is 2.38. The first-order valence-electron chi connectivity index (χ1n) is 11.4. The second-order valence-electron chi connectivity index (χ2n) is 10.6. The van der Waals surface area contributed by atoms with Crippen LogP contribution in [0.2, 0.25) is 0 Å². The lowest BCUT2D eigenvalue weighted by Crippen LogP contribution is -2.63. The van der Waals surface area contributed by atoms with Crippen molar-refractivity contribution in [1.29, 1.82) is 0 Å². The highest BCUT2D eigenvalue weighted by Crippen LogP contribution is 2.82. The van der Waals surface area contributed by atoms with Gasteiger partial charge in [-0.2, -0.15) is 0 Å². The van der Waals surface area contributed by atoms with Gasteiger partial charge in [-0.3, -0.25) is 9.69 Å². The lowest BCUT2D eigenvalue weighted by atomic mass is 9.49. The van der Waals surface area contributed by atoms with Crippen molar-refractivity contribution in [1.82, 2.24) is 4.90 Å². The minimum atomic E-state index is -0.288. The number of ketones is 1. The zero-order valence-corrected chi connectivity index (χ0v) is 17.9. The third-order valence-electron chi connectivity index (χ3n) is 10.6. The fourth-order valence-corrected chi connectivity index (χ4v) is 10.4. The number of carbonyl (C=O) groups excluding carboxylic acids is 1. The van der Waals surface area contributed by atoms with Crippen LogP contribution in [-0.2, 0) is 19.0 Å². The van der Waals surface area contributed by atoms with E-state index in [0.29, 0.717) is 41.4 Å². The van der Waals surface area contributed by atoms with Crippen molar-refractivity contribution in [3.05, 3.63) is 0 Å². The number of methoxy groups -OCH3 is 3. The van der Waals surface area contributed by atoms with Gasteiger partial charge in [-0.25, -0.2) is 0 Å². The molecular weight excluding hydrogens is 354 g/mol. The molecule has 5 heteroatoms. The molecule has 2 aliphatic heterocycles. The number of nitrogens with zero attached hydrogens (tertiary/aromatic N) is 1. The summed E-state index contributed by atoms with van der Waals surface area (Å²) in [5, 5.41) is 0. The van der Waals surface area contributed by atoms with Crippen LogP contribution in [0.4, 0.5) is 0 Å². The third kappa shape index (κ3) is 1.55. The quantitative estimate of drug-likeness (QED) is 0.739. The van der Waals surface area contributed by atoms with Gasteiger partial charge in [-0.15, -0.1) is 0 Å². The molecule has 0 aromatic carbocycles. The summed E-state index contributed by atoms with van der Waals surface area (Å²) in [5.41, 5.74) is -0.167. The number of hydrogen-bond donors (Lipinski definition) is 0. The third-order valence-corrected chi connectivity index (χ3v) is 10.6. The minimum Gasteiger partial charge on any atom is -0.381 e. The zero-order valence-electron chi connectivity index (χ0n) is 17.9. The Balaban J connectivity index is 1.63. The van der Waals surface area contributed by atoms with Gasteiger partial charge in [-0.1, -0.05) is 13.8 Å². The molecule has 2 saturated heterocycles. The second-order valence-corrected chi connectivity index (χ2v) is 10.6. The molecule has 6 rings (SSSR count). The van der Waals surface area contributed by atoms with E-state index in [0.717, 1.165) is 25.8 Å². The first-order valence-corrected chi connectivity index (χ1v) is 11.4. The summed E-state index contributed by atoms with van der Waals surface area (Å²) in [6.45, 7) is 5.61. The van der Waals surface area contributed by atoms with E-state index < -0.39 is 0 Å². The van der Waals surface area contributed by atoms with Crippen molar-refractivity contribution in [2.45, 2.75) is 69.9 Å². The molecule has 0 radical (unpaired) electrons. The smallest absolute Gasteiger partial charge is 0.158 e. The number of likely N-dealkylation sites (N-methyl/N-ethyl adjacent to an activating group) is 1. The van der Waals surface area contributed by atoms with Crippen LogP contribution in [0.15, 0.2) is 0 Å². The summed E-state index contributed by atoms with van der Waals surface area (Å²) in [6.07, 6.45) is 4.92. The van der Waals surface area contributed by atoms with E-state index in [9.17, 15) is 4.79 Å². The molecule has 0 amide bonds. The molecule has 0 aromatic rings. The molecule has 6 aliphatic rings. The highest BCUT2D eigenvalue weighted by molar-refractivity contribution is 5.97. The van der Waals surface area contributed by atoms with E-state index in [1.54, 1.807) is 0 Å². The molecule has 12 atom stereocenters. The molecule has 2 heterocycles.